The fourth-order valence-corrected chi connectivity index (χ4v) is 2.03. The Bertz CT molecular complexity index is 601. The van der Waals surface area contributed by atoms with Gasteiger partial charge < -0.3 is 5.11 Å². The number of benzene rings is 2. The molecular weight excluding hydrogens is 272 g/mol. The lowest BCUT2D eigenvalue weighted by Gasteiger charge is -2.06. The zero-order valence-electron chi connectivity index (χ0n) is 10.9. The number of hydrogen-bond donors (Lipinski definition) is 1. The maximum atomic E-state index is 12.4. The second kappa shape index (κ2) is 7.04. The van der Waals surface area contributed by atoms with Gasteiger partial charge in [0.2, 0.25) is 0 Å². The molecule has 0 spiro atoms. The molecule has 0 aromatic heterocycles. The Labute approximate surface area is 123 Å². The molecule has 0 heterocycles. The molecule has 102 valence electrons. The predicted octanol–water partition coefficient (Wildman–Crippen LogP) is 3.99. The van der Waals surface area contributed by atoms with Gasteiger partial charge in [0.25, 0.3) is 0 Å². The minimum absolute atomic E-state index is 0.0575. The third-order valence-electron chi connectivity index (χ3n) is 2.92. The van der Waals surface area contributed by atoms with Crippen LogP contribution in [0.5, 0.6) is 0 Å². The van der Waals surface area contributed by atoms with Crippen LogP contribution in [-0.2, 0) is 0 Å². The summed E-state index contributed by atoms with van der Waals surface area (Å²) in [5.41, 5.74) is 2.10. The summed E-state index contributed by atoms with van der Waals surface area (Å²) >= 11 is 5.84. The highest BCUT2D eigenvalue weighted by Gasteiger charge is 2.11. The molecule has 2 aromatic carbocycles. The number of carbonyl (C=O) groups is 1. The van der Waals surface area contributed by atoms with Crippen LogP contribution in [0.2, 0.25) is 5.02 Å². The first-order valence-electron chi connectivity index (χ1n) is 6.37. The van der Waals surface area contributed by atoms with E-state index in [1.54, 1.807) is 30.3 Å². The first-order chi connectivity index (χ1) is 9.70. The monoisotopic (exact) mass is 286 g/mol. The molecule has 2 aromatic rings. The number of Topliss-reactive ketones (excluding diaryl/α,β-unsaturated/α-hetero) is 1. The van der Waals surface area contributed by atoms with Gasteiger partial charge in [-0.2, -0.15) is 0 Å². The van der Waals surface area contributed by atoms with Gasteiger partial charge in [-0.15, -0.1) is 0 Å². The average molecular weight is 287 g/mol. The molecule has 0 saturated carbocycles. The molecule has 1 N–H and O–H groups in total. The van der Waals surface area contributed by atoms with Crippen LogP contribution in [0.15, 0.2) is 60.2 Å². The van der Waals surface area contributed by atoms with E-state index in [9.17, 15) is 4.79 Å². The lowest BCUT2D eigenvalue weighted by Crippen LogP contribution is -2.05. The van der Waals surface area contributed by atoms with E-state index in [-0.39, 0.29) is 12.4 Å². The predicted molar refractivity (Wildman–Crippen MR) is 81.9 cm³/mol. The molecule has 0 amide bonds. The molecule has 0 aliphatic carbocycles. The van der Waals surface area contributed by atoms with E-state index in [0.717, 1.165) is 5.56 Å². The zero-order valence-corrected chi connectivity index (χ0v) is 11.7. The summed E-state index contributed by atoms with van der Waals surface area (Å²) in [6.07, 6.45) is 2.12. The summed E-state index contributed by atoms with van der Waals surface area (Å²) in [5.74, 6) is -0.0606. The summed E-state index contributed by atoms with van der Waals surface area (Å²) < 4.78 is 0. The van der Waals surface area contributed by atoms with Crippen molar-refractivity contribution in [2.75, 3.05) is 6.61 Å². The van der Waals surface area contributed by atoms with Crippen molar-refractivity contribution in [1.29, 1.82) is 0 Å². The topological polar surface area (TPSA) is 37.3 Å². The van der Waals surface area contributed by atoms with Crippen molar-refractivity contribution >= 4 is 23.5 Å². The summed E-state index contributed by atoms with van der Waals surface area (Å²) in [5, 5.41) is 9.79. The van der Waals surface area contributed by atoms with Crippen molar-refractivity contribution in [3.8, 4) is 0 Å². The van der Waals surface area contributed by atoms with Crippen molar-refractivity contribution in [3.05, 3.63) is 76.3 Å². The average Bonchev–Trinajstić information content (AvgIpc) is 2.49. The molecule has 3 heteroatoms. The standard InChI is InChI=1S/C17H15ClO2/c18-16-8-6-13(7-9-16)12-15(10-11-19)17(20)14-4-2-1-3-5-14/h1-9,12,19H,10-11H2/b15-12-. The van der Waals surface area contributed by atoms with Crippen molar-refractivity contribution in [2.45, 2.75) is 6.42 Å². The molecule has 0 saturated heterocycles. The maximum absolute atomic E-state index is 12.4. The van der Waals surface area contributed by atoms with Gasteiger partial charge in [0.15, 0.2) is 5.78 Å². The summed E-state index contributed by atoms with van der Waals surface area (Å²) in [6.45, 7) is -0.0575. The third kappa shape index (κ3) is 3.80. The Hall–Kier alpha value is -1.90. The molecule has 0 radical (unpaired) electrons. The molecule has 0 unspecified atom stereocenters. The number of carbonyl (C=O) groups excluding carboxylic acids is 1. The van der Waals surface area contributed by atoms with E-state index in [4.69, 9.17) is 16.7 Å². The number of aliphatic hydroxyl groups is 1. The summed E-state index contributed by atoms with van der Waals surface area (Å²) in [6, 6.07) is 16.3. The van der Waals surface area contributed by atoms with E-state index in [2.05, 4.69) is 0 Å². The van der Waals surface area contributed by atoms with Gasteiger partial charge in [-0.05, 0) is 30.2 Å². The van der Waals surface area contributed by atoms with Crippen LogP contribution in [0, 0.1) is 0 Å². The van der Waals surface area contributed by atoms with Crippen LogP contribution >= 0.6 is 11.6 Å². The van der Waals surface area contributed by atoms with Crippen LogP contribution in [0.25, 0.3) is 6.08 Å². The van der Waals surface area contributed by atoms with E-state index in [1.807, 2.05) is 30.3 Å². The fraction of sp³-hybridized carbons (Fsp3) is 0.118. The van der Waals surface area contributed by atoms with Crippen LogP contribution in [0.4, 0.5) is 0 Å². The van der Waals surface area contributed by atoms with Gasteiger partial charge in [0.05, 0.1) is 0 Å². The molecular formula is C17H15ClO2. The Kier molecular flexibility index (Phi) is 5.10. The van der Waals surface area contributed by atoms with Gasteiger partial charge in [0, 0.05) is 22.8 Å². The molecule has 20 heavy (non-hydrogen) atoms. The SMILES string of the molecule is O=C(/C(=C\c1ccc(Cl)cc1)CCO)c1ccccc1. The van der Waals surface area contributed by atoms with E-state index >= 15 is 0 Å². The van der Waals surface area contributed by atoms with Gasteiger partial charge in [0.1, 0.15) is 0 Å². The van der Waals surface area contributed by atoms with Crippen LogP contribution in [-0.4, -0.2) is 17.5 Å². The van der Waals surface area contributed by atoms with Gasteiger partial charge in [-0.1, -0.05) is 54.1 Å². The maximum Gasteiger partial charge on any atom is 0.189 e. The van der Waals surface area contributed by atoms with Gasteiger partial charge in [-0.25, -0.2) is 0 Å². The second-order valence-electron chi connectivity index (χ2n) is 4.39. The van der Waals surface area contributed by atoms with Crippen LogP contribution < -0.4 is 0 Å². The number of halogens is 1. The third-order valence-corrected chi connectivity index (χ3v) is 3.17. The molecule has 0 atom stereocenters. The number of ketones is 1. The molecule has 2 nitrogen and oxygen atoms in total. The molecule has 0 aliphatic rings. The first-order valence-corrected chi connectivity index (χ1v) is 6.75. The Morgan fingerprint density at radius 3 is 2.30 bits per heavy atom. The zero-order chi connectivity index (χ0) is 14.4. The number of aliphatic hydroxyl groups excluding tert-OH is 1. The Morgan fingerprint density at radius 1 is 1.05 bits per heavy atom. The highest BCUT2D eigenvalue weighted by atomic mass is 35.5. The Balaban J connectivity index is 2.31. The smallest absolute Gasteiger partial charge is 0.189 e. The minimum atomic E-state index is -0.0606. The highest BCUT2D eigenvalue weighted by Crippen LogP contribution is 2.17. The van der Waals surface area contributed by atoms with E-state index in [1.165, 1.54) is 0 Å². The second-order valence-corrected chi connectivity index (χ2v) is 4.83. The van der Waals surface area contributed by atoms with E-state index in [0.29, 0.717) is 22.6 Å². The minimum Gasteiger partial charge on any atom is -0.396 e. The number of hydrogen-bond acceptors (Lipinski definition) is 2. The lowest BCUT2D eigenvalue weighted by molar-refractivity contribution is 0.102. The fourth-order valence-electron chi connectivity index (χ4n) is 1.91. The molecule has 0 bridgehead atoms. The van der Waals surface area contributed by atoms with Crippen LogP contribution in [0.3, 0.4) is 0 Å². The lowest BCUT2D eigenvalue weighted by atomic mass is 9.99. The summed E-state index contributed by atoms with van der Waals surface area (Å²) in [7, 11) is 0. The van der Waals surface area contributed by atoms with Crippen molar-refractivity contribution in [1.82, 2.24) is 0 Å². The van der Waals surface area contributed by atoms with E-state index < -0.39 is 0 Å². The Morgan fingerprint density at radius 2 is 1.70 bits per heavy atom. The van der Waals surface area contributed by atoms with Gasteiger partial charge in [-0.3, -0.25) is 4.79 Å². The normalized spacial score (nSPS) is 11.4. The van der Waals surface area contributed by atoms with Crippen LogP contribution in [0.1, 0.15) is 22.3 Å². The van der Waals surface area contributed by atoms with Crippen molar-refractivity contribution in [2.24, 2.45) is 0 Å². The molecule has 0 fully saturated rings. The highest BCUT2D eigenvalue weighted by molar-refractivity contribution is 6.30. The van der Waals surface area contributed by atoms with Crippen molar-refractivity contribution < 1.29 is 9.90 Å². The first kappa shape index (κ1) is 14.5. The van der Waals surface area contributed by atoms with Gasteiger partial charge >= 0.3 is 0 Å². The van der Waals surface area contributed by atoms with Crippen molar-refractivity contribution in [3.63, 3.8) is 0 Å². The number of rotatable bonds is 5. The largest absolute Gasteiger partial charge is 0.396 e. The quantitative estimate of drug-likeness (QED) is 0.666. The molecule has 0 aliphatic heterocycles. The summed E-state index contributed by atoms with van der Waals surface area (Å²) in [4.78, 5) is 12.4. The molecule has 2 rings (SSSR count).